The highest BCUT2D eigenvalue weighted by Gasteiger charge is 2.41. The largest absolute Gasteiger partial charge is 0.386 e. The molecule has 2 N–H and O–H groups in total. The molecule has 1 unspecified atom stereocenters. The minimum atomic E-state index is -0.317. The summed E-state index contributed by atoms with van der Waals surface area (Å²) in [6.45, 7) is 8.55. The lowest BCUT2D eigenvalue weighted by atomic mass is 9.76. The minimum Gasteiger partial charge on any atom is -0.386 e. The maximum atomic E-state index is 10.8. The molecule has 2 rings (SSSR count). The highest BCUT2D eigenvalue weighted by atomic mass is 16.3. The number of H-pyrrole nitrogens is 1. The van der Waals surface area contributed by atoms with Crippen molar-refractivity contribution in [1.82, 2.24) is 4.98 Å². The first-order valence-electron chi connectivity index (χ1n) is 6.85. The monoisotopic (exact) mass is 235 g/mol. The van der Waals surface area contributed by atoms with Crippen LogP contribution in [0.2, 0.25) is 0 Å². The summed E-state index contributed by atoms with van der Waals surface area (Å²) in [5, 5.41) is 10.8. The molecule has 17 heavy (non-hydrogen) atoms. The molecule has 1 heterocycles. The van der Waals surface area contributed by atoms with Crippen LogP contribution in [0.3, 0.4) is 0 Å². The van der Waals surface area contributed by atoms with Crippen LogP contribution in [-0.2, 0) is 0 Å². The van der Waals surface area contributed by atoms with E-state index in [1.807, 2.05) is 0 Å². The van der Waals surface area contributed by atoms with Crippen LogP contribution in [0.5, 0.6) is 0 Å². The zero-order valence-corrected chi connectivity index (χ0v) is 11.6. The Morgan fingerprint density at radius 1 is 1.18 bits per heavy atom. The zero-order valence-electron chi connectivity index (χ0n) is 11.6. The minimum absolute atomic E-state index is 0.120. The summed E-state index contributed by atoms with van der Waals surface area (Å²) in [6, 6.07) is 0. The van der Waals surface area contributed by atoms with Gasteiger partial charge in [-0.1, -0.05) is 19.8 Å². The normalized spacial score (nSPS) is 20.8. The van der Waals surface area contributed by atoms with Crippen molar-refractivity contribution in [2.24, 2.45) is 5.41 Å². The molecule has 0 aromatic carbocycles. The van der Waals surface area contributed by atoms with E-state index >= 15 is 0 Å². The summed E-state index contributed by atoms with van der Waals surface area (Å²) in [6.07, 6.45) is 5.63. The van der Waals surface area contributed by atoms with E-state index in [4.69, 9.17) is 0 Å². The second-order valence-corrected chi connectivity index (χ2v) is 5.74. The summed E-state index contributed by atoms with van der Waals surface area (Å²) in [7, 11) is 0. The van der Waals surface area contributed by atoms with E-state index in [0.29, 0.717) is 0 Å². The molecule has 1 aromatic heterocycles. The lowest BCUT2D eigenvalue weighted by molar-refractivity contribution is 0.0204. The number of hydrogen-bond acceptors (Lipinski definition) is 1. The third kappa shape index (κ3) is 1.93. The smallest absolute Gasteiger partial charge is 0.0996 e. The topological polar surface area (TPSA) is 36.0 Å². The fourth-order valence-corrected chi connectivity index (χ4v) is 3.35. The van der Waals surface area contributed by atoms with E-state index in [2.05, 4.69) is 32.7 Å². The predicted molar refractivity (Wildman–Crippen MR) is 71.2 cm³/mol. The molecule has 1 atom stereocenters. The molecule has 0 bridgehead atoms. The second-order valence-electron chi connectivity index (χ2n) is 5.74. The molecule has 0 spiro atoms. The molecular weight excluding hydrogens is 210 g/mol. The number of rotatable bonds is 3. The van der Waals surface area contributed by atoms with Crippen molar-refractivity contribution in [1.29, 1.82) is 0 Å². The van der Waals surface area contributed by atoms with Crippen molar-refractivity contribution >= 4 is 0 Å². The standard InChI is InChI=1S/C15H25NO/c1-5-15(8-6-7-9-15)14(17)13-11(3)10(2)12(4)16-13/h14,16-17H,5-9H2,1-4H3. The van der Waals surface area contributed by atoms with E-state index in [-0.39, 0.29) is 11.5 Å². The molecule has 0 radical (unpaired) electrons. The summed E-state index contributed by atoms with van der Waals surface area (Å²) < 4.78 is 0. The highest BCUT2D eigenvalue weighted by Crippen LogP contribution is 2.50. The SMILES string of the molecule is CCC1(C(O)c2[nH]c(C)c(C)c2C)CCCC1. The van der Waals surface area contributed by atoms with Crippen LogP contribution in [0, 0.1) is 26.2 Å². The number of hydrogen-bond donors (Lipinski definition) is 2. The van der Waals surface area contributed by atoms with Gasteiger partial charge in [0.05, 0.1) is 6.10 Å². The molecule has 2 heteroatoms. The van der Waals surface area contributed by atoms with Crippen LogP contribution in [0.4, 0.5) is 0 Å². The van der Waals surface area contributed by atoms with Crippen LogP contribution in [0.15, 0.2) is 0 Å². The van der Waals surface area contributed by atoms with Crippen molar-refractivity contribution in [2.45, 2.75) is 65.9 Å². The van der Waals surface area contributed by atoms with Gasteiger partial charge in [-0.15, -0.1) is 0 Å². The van der Waals surface area contributed by atoms with Gasteiger partial charge in [0.25, 0.3) is 0 Å². The van der Waals surface area contributed by atoms with Gasteiger partial charge in [-0.25, -0.2) is 0 Å². The van der Waals surface area contributed by atoms with Crippen molar-refractivity contribution in [3.05, 3.63) is 22.5 Å². The summed E-state index contributed by atoms with van der Waals surface area (Å²) in [5.41, 5.74) is 4.91. The lowest BCUT2D eigenvalue weighted by Crippen LogP contribution is -2.25. The first-order valence-corrected chi connectivity index (χ1v) is 6.85. The Labute approximate surface area is 104 Å². The van der Waals surface area contributed by atoms with E-state index in [0.717, 1.165) is 12.1 Å². The Bertz CT molecular complexity index is 399. The van der Waals surface area contributed by atoms with Gasteiger partial charge in [0.1, 0.15) is 0 Å². The molecule has 1 aromatic rings. The highest BCUT2D eigenvalue weighted by molar-refractivity contribution is 5.36. The summed E-state index contributed by atoms with van der Waals surface area (Å²) in [5.74, 6) is 0. The van der Waals surface area contributed by atoms with Crippen molar-refractivity contribution < 1.29 is 5.11 Å². The average molecular weight is 235 g/mol. The fourth-order valence-electron chi connectivity index (χ4n) is 3.35. The molecule has 0 amide bonds. The van der Waals surface area contributed by atoms with Gasteiger partial charge in [-0.2, -0.15) is 0 Å². The third-order valence-electron chi connectivity index (χ3n) is 5.01. The third-order valence-corrected chi connectivity index (χ3v) is 5.01. The van der Waals surface area contributed by atoms with E-state index in [1.54, 1.807) is 0 Å². The molecule has 1 fully saturated rings. The van der Waals surface area contributed by atoms with Crippen LogP contribution < -0.4 is 0 Å². The average Bonchev–Trinajstić information content (AvgIpc) is 2.90. The first kappa shape index (κ1) is 12.7. The Hall–Kier alpha value is -0.760. The molecular formula is C15H25NO. The molecule has 2 nitrogen and oxygen atoms in total. The molecule has 1 aliphatic rings. The first-order chi connectivity index (χ1) is 8.02. The van der Waals surface area contributed by atoms with Gasteiger partial charge in [-0.05, 0) is 51.2 Å². The van der Waals surface area contributed by atoms with Crippen molar-refractivity contribution in [3.8, 4) is 0 Å². The maximum Gasteiger partial charge on any atom is 0.0996 e. The van der Waals surface area contributed by atoms with Gasteiger partial charge in [0.2, 0.25) is 0 Å². The summed E-state index contributed by atoms with van der Waals surface area (Å²) >= 11 is 0. The number of aromatic amines is 1. The molecule has 96 valence electrons. The maximum absolute atomic E-state index is 10.8. The molecule has 1 aliphatic carbocycles. The Morgan fingerprint density at radius 3 is 2.18 bits per heavy atom. The van der Waals surface area contributed by atoms with E-state index in [1.165, 1.54) is 42.5 Å². The zero-order chi connectivity index (χ0) is 12.6. The Balaban J connectivity index is 2.35. The summed E-state index contributed by atoms with van der Waals surface area (Å²) in [4.78, 5) is 3.40. The van der Waals surface area contributed by atoms with Gasteiger partial charge < -0.3 is 10.1 Å². The van der Waals surface area contributed by atoms with Crippen LogP contribution in [0.1, 0.15) is 67.6 Å². The molecule has 1 saturated carbocycles. The van der Waals surface area contributed by atoms with E-state index < -0.39 is 0 Å². The number of aromatic nitrogens is 1. The predicted octanol–water partition coefficient (Wildman–Crippen LogP) is 3.94. The van der Waals surface area contributed by atoms with Crippen molar-refractivity contribution in [3.63, 3.8) is 0 Å². The lowest BCUT2D eigenvalue weighted by Gasteiger charge is -2.33. The molecule has 0 aliphatic heterocycles. The Kier molecular flexibility index (Phi) is 3.35. The van der Waals surface area contributed by atoms with Gasteiger partial charge in [0, 0.05) is 16.8 Å². The number of nitrogens with one attached hydrogen (secondary N) is 1. The van der Waals surface area contributed by atoms with Crippen LogP contribution in [-0.4, -0.2) is 10.1 Å². The number of aliphatic hydroxyl groups excluding tert-OH is 1. The Morgan fingerprint density at radius 2 is 1.76 bits per heavy atom. The van der Waals surface area contributed by atoms with Crippen LogP contribution >= 0.6 is 0 Å². The van der Waals surface area contributed by atoms with Crippen LogP contribution in [0.25, 0.3) is 0 Å². The van der Waals surface area contributed by atoms with Crippen molar-refractivity contribution in [2.75, 3.05) is 0 Å². The molecule has 0 saturated heterocycles. The van der Waals surface area contributed by atoms with Gasteiger partial charge in [0.15, 0.2) is 0 Å². The van der Waals surface area contributed by atoms with Gasteiger partial charge >= 0.3 is 0 Å². The number of aryl methyl sites for hydroxylation is 1. The number of aliphatic hydroxyl groups is 1. The fraction of sp³-hybridized carbons (Fsp3) is 0.733. The quantitative estimate of drug-likeness (QED) is 0.817. The second kappa shape index (κ2) is 4.49. The van der Waals surface area contributed by atoms with Gasteiger partial charge in [-0.3, -0.25) is 0 Å². The van der Waals surface area contributed by atoms with E-state index in [9.17, 15) is 5.11 Å².